The van der Waals surface area contributed by atoms with Gasteiger partial charge in [0.15, 0.2) is 0 Å². The van der Waals surface area contributed by atoms with E-state index in [1.807, 2.05) is 38.1 Å². The van der Waals surface area contributed by atoms with Crippen molar-refractivity contribution in [2.75, 3.05) is 26.2 Å². The Kier molecular flexibility index (Phi) is 5.38. The first-order valence-electron chi connectivity index (χ1n) is 8.74. The predicted molar refractivity (Wildman–Crippen MR) is 96.7 cm³/mol. The molecule has 0 spiro atoms. The van der Waals surface area contributed by atoms with Crippen LogP contribution in [0.25, 0.3) is 0 Å². The molecule has 1 aromatic heterocycles. The molecule has 3 rings (SSSR count). The first kappa shape index (κ1) is 17.5. The summed E-state index contributed by atoms with van der Waals surface area (Å²) in [5.74, 6) is 1.92. The topological polar surface area (TPSA) is 59.4 Å². The molecule has 0 aliphatic carbocycles. The Balaban J connectivity index is 1.40. The third kappa shape index (κ3) is 4.39. The maximum atomic E-state index is 12.1. The van der Waals surface area contributed by atoms with Gasteiger partial charge in [-0.1, -0.05) is 12.1 Å². The molecule has 1 aromatic carbocycles. The van der Waals surface area contributed by atoms with Gasteiger partial charge in [0.1, 0.15) is 18.2 Å². The standard InChI is InChI=1S/C19H26N4O2/c1-14-5-4-6-17(11-14)25-10-7-20-19(24)13-22-8-9-23-16(3)15(2)21-18(23)12-22/h4-6,11H,7-10,12-13H2,1-3H3,(H,20,24). The van der Waals surface area contributed by atoms with Crippen LogP contribution >= 0.6 is 0 Å². The summed E-state index contributed by atoms with van der Waals surface area (Å²) in [4.78, 5) is 18.9. The number of aryl methyl sites for hydroxylation is 2. The Morgan fingerprint density at radius 3 is 2.92 bits per heavy atom. The van der Waals surface area contributed by atoms with E-state index in [0.717, 1.165) is 42.5 Å². The zero-order chi connectivity index (χ0) is 17.8. The molecule has 0 radical (unpaired) electrons. The fourth-order valence-corrected chi connectivity index (χ4v) is 3.12. The van der Waals surface area contributed by atoms with Crippen LogP contribution in [0.2, 0.25) is 0 Å². The van der Waals surface area contributed by atoms with Crippen molar-refractivity contribution in [1.29, 1.82) is 0 Å². The number of fused-ring (bicyclic) bond motifs is 1. The molecule has 0 saturated carbocycles. The molecular formula is C19H26N4O2. The number of amides is 1. The molecule has 2 aromatic rings. The smallest absolute Gasteiger partial charge is 0.234 e. The lowest BCUT2D eigenvalue weighted by Gasteiger charge is -2.27. The largest absolute Gasteiger partial charge is 0.492 e. The molecule has 2 heterocycles. The molecule has 0 bridgehead atoms. The van der Waals surface area contributed by atoms with Crippen LogP contribution in [0, 0.1) is 20.8 Å². The van der Waals surface area contributed by atoms with Gasteiger partial charge >= 0.3 is 0 Å². The van der Waals surface area contributed by atoms with Gasteiger partial charge in [-0.25, -0.2) is 4.98 Å². The summed E-state index contributed by atoms with van der Waals surface area (Å²) in [6, 6.07) is 7.91. The van der Waals surface area contributed by atoms with Gasteiger partial charge in [-0.2, -0.15) is 0 Å². The average Bonchev–Trinajstić information content (AvgIpc) is 2.86. The van der Waals surface area contributed by atoms with E-state index in [1.165, 1.54) is 5.69 Å². The number of nitrogens with zero attached hydrogens (tertiary/aromatic N) is 3. The van der Waals surface area contributed by atoms with Gasteiger partial charge in [0.2, 0.25) is 5.91 Å². The summed E-state index contributed by atoms with van der Waals surface area (Å²) in [5.41, 5.74) is 3.47. The van der Waals surface area contributed by atoms with E-state index in [9.17, 15) is 4.79 Å². The number of ether oxygens (including phenoxy) is 1. The minimum Gasteiger partial charge on any atom is -0.492 e. The van der Waals surface area contributed by atoms with Crippen molar-refractivity contribution >= 4 is 5.91 Å². The van der Waals surface area contributed by atoms with E-state index in [-0.39, 0.29) is 5.91 Å². The van der Waals surface area contributed by atoms with E-state index in [0.29, 0.717) is 19.7 Å². The highest BCUT2D eigenvalue weighted by molar-refractivity contribution is 5.78. The lowest BCUT2D eigenvalue weighted by Crippen LogP contribution is -2.42. The zero-order valence-corrected chi connectivity index (χ0v) is 15.2. The molecule has 1 N–H and O–H groups in total. The fourth-order valence-electron chi connectivity index (χ4n) is 3.12. The maximum Gasteiger partial charge on any atom is 0.234 e. The highest BCUT2D eigenvalue weighted by Gasteiger charge is 2.21. The number of benzene rings is 1. The number of imidazole rings is 1. The number of hydrogen-bond acceptors (Lipinski definition) is 4. The van der Waals surface area contributed by atoms with Gasteiger partial charge in [-0.15, -0.1) is 0 Å². The summed E-state index contributed by atoms with van der Waals surface area (Å²) < 4.78 is 7.90. The van der Waals surface area contributed by atoms with E-state index < -0.39 is 0 Å². The SMILES string of the molecule is Cc1cccc(OCCNC(=O)CN2CCn3c(nc(C)c3C)C2)c1. The summed E-state index contributed by atoms with van der Waals surface area (Å²) in [6.07, 6.45) is 0. The van der Waals surface area contributed by atoms with E-state index in [1.54, 1.807) is 0 Å². The molecule has 6 nitrogen and oxygen atoms in total. The third-order valence-corrected chi connectivity index (χ3v) is 4.59. The van der Waals surface area contributed by atoms with Crippen LogP contribution in [0.4, 0.5) is 0 Å². The summed E-state index contributed by atoms with van der Waals surface area (Å²) in [7, 11) is 0. The third-order valence-electron chi connectivity index (χ3n) is 4.59. The first-order valence-corrected chi connectivity index (χ1v) is 8.74. The highest BCUT2D eigenvalue weighted by atomic mass is 16.5. The minimum atomic E-state index is 0.0290. The van der Waals surface area contributed by atoms with Crippen LogP contribution in [-0.2, 0) is 17.9 Å². The van der Waals surface area contributed by atoms with Crippen LogP contribution in [0.15, 0.2) is 24.3 Å². The monoisotopic (exact) mass is 342 g/mol. The summed E-state index contributed by atoms with van der Waals surface area (Å²) >= 11 is 0. The van der Waals surface area contributed by atoms with Crippen LogP contribution in [0.3, 0.4) is 0 Å². The van der Waals surface area contributed by atoms with Crippen molar-refractivity contribution in [2.24, 2.45) is 0 Å². The lowest BCUT2D eigenvalue weighted by atomic mass is 10.2. The molecule has 1 aliphatic heterocycles. The number of hydrogen-bond donors (Lipinski definition) is 1. The van der Waals surface area contributed by atoms with E-state index >= 15 is 0 Å². The minimum absolute atomic E-state index is 0.0290. The van der Waals surface area contributed by atoms with E-state index in [4.69, 9.17) is 4.74 Å². The number of nitrogens with one attached hydrogen (secondary N) is 1. The van der Waals surface area contributed by atoms with E-state index in [2.05, 4.69) is 26.7 Å². The second kappa shape index (κ2) is 7.70. The molecule has 0 fully saturated rings. The summed E-state index contributed by atoms with van der Waals surface area (Å²) in [6.45, 7) is 10.0. The van der Waals surface area contributed by atoms with Crippen molar-refractivity contribution in [1.82, 2.24) is 19.8 Å². The zero-order valence-electron chi connectivity index (χ0n) is 15.2. The van der Waals surface area contributed by atoms with Crippen LogP contribution in [0.5, 0.6) is 5.75 Å². The first-order chi connectivity index (χ1) is 12.0. The lowest BCUT2D eigenvalue weighted by molar-refractivity contribution is -0.122. The Morgan fingerprint density at radius 1 is 1.28 bits per heavy atom. The van der Waals surface area contributed by atoms with Gasteiger partial charge in [0.05, 0.1) is 25.3 Å². The van der Waals surface area contributed by atoms with Gasteiger partial charge in [0, 0.05) is 18.8 Å². The molecule has 134 valence electrons. The van der Waals surface area contributed by atoms with Gasteiger partial charge < -0.3 is 14.6 Å². The highest BCUT2D eigenvalue weighted by Crippen LogP contribution is 2.16. The Morgan fingerprint density at radius 2 is 2.12 bits per heavy atom. The second-order valence-electron chi connectivity index (χ2n) is 6.58. The predicted octanol–water partition coefficient (Wildman–Crippen LogP) is 1.82. The van der Waals surface area contributed by atoms with Crippen LogP contribution in [0.1, 0.15) is 22.8 Å². The van der Waals surface area contributed by atoms with Gasteiger partial charge in [-0.05, 0) is 38.5 Å². The number of carbonyl (C=O) groups excluding carboxylic acids is 1. The molecule has 0 atom stereocenters. The molecule has 0 unspecified atom stereocenters. The van der Waals surface area contributed by atoms with Crippen molar-refractivity contribution in [2.45, 2.75) is 33.9 Å². The van der Waals surface area contributed by atoms with Crippen LogP contribution in [-0.4, -0.2) is 46.6 Å². The van der Waals surface area contributed by atoms with Crippen LogP contribution < -0.4 is 10.1 Å². The average molecular weight is 342 g/mol. The Labute approximate surface area is 148 Å². The number of carbonyl (C=O) groups is 1. The van der Waals surface area contributed by atoms with Crippen molar-refractivity contribution in [3.63, 3.8) is 0 Å². The van der Waals surface area contributed by atoms with Crippen molar-refractivity contribution in [3.8, 4) is 5.75 Å². The molecule has 1 amide bonds. The molecule has 25 heavy (non-hydrogen) atoms. The quantitative estimate of drug-likeness (QED) is 0.814. The molecule has 1 aliphatic rings. The molecule has 6 heteroatoms. The molecule has 0 saturated heterocycles. The second-order valence-corrected chi connectivity index (χ2v) is 6.58. The van der Waals surface area contributed by atoms with Crippen molar-refractivity contribution in [3.05, 3.63) is 47.0 Å². The Bertz CT molecular complexity index is 754. The molecular weight excluding hydrogens is 316 g/mol. The van der Waals surface area contributed by atoms with Gasteiger partial charge in [-0.3, -0.25) is 9.69 Å². The Hall–Kier alpha value is -2.34. The summed E-state index contributed by atoms with van der Waals surface area (Å²) in [5, 5.41) is 2.92. The number of rotatable bonds is 6. The number of aromatic nitrogens is 2. The van der Waals surface area contributed by atoms with Crippen molar-refractivity contribution < 1.29 is 9.53 Å². The normalized spacial score (nSPS) is 14.2. The maximum absolute atomic E-state index is 12.1. The fraction of sp³-hybridized carbons (Fsp3) is 0.474. The van der Waals surface area contributed by atoms with Gasteiger partial charge in [0.25, 0.3) is 0 Å².